The number of dihydropyridines is 1. The second-order valence-corrected chi connectivity index (χ2v) is 4.06. The van der Waals surface area contributed by atoms with E-state index in [9.17, 15) is 8.78 Å². The number of hydrogen-bond acceptors (Lipinski definition) is 1. The van der Waals surface area contributed by atoms with Crippen LogP contribution in [0.15, 0.2) is 27.7 Å². The first-order valence-corrected chi connectivity index (χ1v) is 5.30. The van der Waals surface area contributed by atoms with Crippen molar-refractivity contribution >= 4 is 27.7 Å². The molecule has 0 spiro atoms. The molecule has 0 radical (unpaired) electrons. The summed E-state index contributed by atoms with van der Waals surface area (Å²) in [6.45, 7) is 0.534. The lowest BCUT2D eigenvalue weighted by Crippen LogP contribution is -1.99. The van der Waals surface area contributed by atoms with Crippen molar-refractivity contribution in [3.05, 3.63) is 39.9 Å². The van der Waals surface area contributed by atoms with E-state index < -0.39 is 11.6 Å². The van der Waals surface area contributed by atoms with Gasteiger partial charge in [-0.25, -0.2) is 8.78 Å². The Labute approximate surface area is 94.7 Å². The molecule has 1 heterocycles. The molecule has 0 saturated heterocycles. The van der Waals surface area contributed by atoms with Gasteiger partial charge >= 0.3 is 0 Å². The maximum atomic E-state index is 13.6. The predicted octanol–water partition coefficient (Wildman–Crippen LogP) is 3.59. The van der Waals surface area contributed by atoms with Crippen molar-refractivity contribution in [1.82, 2.24) is 0 Å². The van der Waals surface area contributed by atoms with Gasteiger partial charge in [-0.05, 0) is 27.6 Å². The number of benzene rings is 1. The molecular weight excluding hydrogens is 264 g/mol. The molecule has 0 fully saturated rings. The van der Waals surface area contributed by atoms with Crippen molar-refractivity contribution in [3.8, 4) is 0 Å². The van der Waals surface area contributed by atoms with E-state index in [4.69, 9.17) is 0 Å². The van der Waals surface area contributed by atoms with Gasteiger partial charge in [0.15, 0.2) is 11.6 Å². The summed E-state index contributed by atoms with van der Waals surface area (Å²) < 4.78 is 27.0. The molecular formula is C11H8BrF2N. The molecule has 15 heavy (non-hydrogen) atoms. The van der Waals surface area contributed by atoms with Gasteiger partial charge < -0.3 is 0 Å². The van der Waals surface area contributed by atoms with Crippen LogP contribution in [0.4, 0.5) is 8.78 Å². The average Bonchev–Trinajstić information content (AvgIpc) is 2.27. The monoisotopic (exact) mass is 271 g/mol. The third-order valence-electron chi connectivity index (χ3n) is 2.26. The van der Waals surface area contributed by atoms with E-state index in [1.54, 1.807) is 12.3 Å². The van der Waals surface area contributed by atoms with Gasteiger partial charge in [0, 0.05) is 18.2 Å². The molecule has 0 saturated carbocycles. The maximum absolute atomic E-state index is 13.6. The molecule has 1 nitrogen and oxygen atoms in total. The third-order valence-corrected chi connectivity index (χ3v) is 2.88. The molecule has 0 aliphatic carbocycles. The molecule has 0 amide bonds. The summed E-state index contributed by atoms with van der Waals surface area (Å²) >= 11 is 2.94. The van der Waals surface area contributed by atoms with Crippen LogP contribution in [-0.2, 0) is 0 Å². The minimum Gasteiger partial charge on any atom is -0.293 e. The van der Waals surface area contributed by atoms with Crippen LogP contribution in [0.5, 0.6) is 0 Å². The normalized spacial score (nSPS) is 15.3. The van der Waals surface area contributed by atoms with Crippen LogP contribution in [0.25, 0.3) is 5.57 Å². The molecule has 78 valence electrons. The smallest absolute Gasteiger partial charge is 0.173 e. The second-order valence-electron chi connectivity index (χ2n) is 3.20. The predicted molar refractivity (Wildman–Crippen MR) is 60.0 cm³/mol. The summed E-state index contributed by atoms with van der Waals surface area (Å²) in [5.41, 5.74) is 1.11. The van der Waals surface area contributed by atoms with Crippen LogP contribution < -0.4 is 0 Å². The Bertz CT molecular complexity index is 452. The fourth-order valence-corrected chi connectivity index (χ4v) is 1.78. The summed E-state index contributed by atoms with van der Waals surface area (Å²) in [5, 5.41) is 0. The molecule has 1 aromatic rings. The Morgan fingerprint density at radius 3 is 2.67 bits per heavy atom. The topological polar surface area (TPSA) is 12.4 Å². The van der Waals surface area contributed by atoms with Crippen molar-refractivity contribution in [1.29, 1.82) is 0 Å². The van der Waals surface area contributed by atoms with Crippen LogP contribution in [0.3, 0.4) is 0 Å². The highest BCUT2D eigenvalue weighted by Gasteiger charge is 2.15. The molecule has 0 N–H and O–H groups in total. The van der Waals surface area contributed by atoms with Gasteiger partial charge in [0.05, 0.1) is 11.0 Å². The fraction of sp³-hybridized carbons (Fsp3) is 0.182. The van der Waals surface area contributed by atoms with Crippen LogP contribution in [0, 0.1) is 11.6 Å². The Kier molecular flexibility index (Phi) is 2.95. The molecule has 4 heteroatoms. The number of nitrogens with zero attached hydrogens (tertiary/aromatic N) is 1. The maximum Gasteiger partial charge on any atom is 0.173 e. The van der Waals surface area contributed by atoms with Crippen molar-refractivity contribution in [2.75, 3.05) is 6.54 Å². The van der Waals surface area contributed by atoms with Crippen molar-refractivity contribution < 1.29 is 8.78 Å². The van der Waals surface area contributed by atoms with Crippen molar-refractivity contribution in [2.24, 2.45) is 4.99 Å². The summed E-state index contributed by atoms with van der Waals surface area (Å²) in [7, 11) is 0. The highest BCUT2D eigenvalue weighted by Crippen LogP contribution is 2.27. The van der Waals surface area contributed by atoms with E-state index in [-0.39, 0.29) is 4.47 Å². The summed E-state index contributed by atoms with van der Waals surface area (Å²) in [5.74, 6) is -1.64. The molecule has 1 aromatic carbocycles. The first-order valence-electron chi connectivity index (χ1n) is 4.51. The van der Waals surface area contributed by atoms with Gasteiger partial charge in [0.25, 0.3) is 0 Å². The van der Waals surface area contributed by atoms with Crippen LogP contribution in [0.1, 0.15) is 12.0 Å². The summed E-state index contributed by atoms with van der Waals surface area (Å²) in [6.07, 6.45) is 4.08. The molecule has 0 bridgehead atoms. The lowest BCUT2D eigenvalue weighted by Gasteiger charge is -2.10. The van der Waals surface area contributed by atoms with Gasteiger partial charge in [0.1, 0.15) is 0 Å². The summed E-state index contributed by atoms with van der Waals surface area (Å²) in [4.78, 5) is 4.00. The Balaban J connectivity index is 2.45. The fourth-order valence-electron chi connectivity index (χ4n) is 1.48. The molecule has 1 aliphatic rings. The Hall–Kier alpha value is -1.03. The minimum atomic E-state index is -0.837. The van der Waals surface area contributed by atoms with Crippen LogP contribution >= 0.6 is 15.9 Å². The SMILES string of the molecule is Fc1c(Br)ccc(C2=CCN=CC2)c1F. The van der Waals surface area contributed by atoms with E-state index in [0.29, 0.717) is 18.5 Å². The Morgan fingerprint density at radius 2 is 2.00 bits per heavy atom. The first-order chi connectivity index (χ1) is 7.20. The number of aliphatic imine (C=N–C) groups is 1. The average molecular weight is 272 g/mol. The van der Waals surface area contributed by atoms with Gasteiger partial charge in [-0.2, -0.15) is 0 Å². The van der Waals surface area contributed by atoms with E-state index in [0.717, 1.165) is 5.57 Å². The van der Waals surface area contributed by atoms with Crippen molar-refractivity contribution in [3.63, 3.8) is 0 Å². The number of rotatable bonds is 1. The molecule has 0 atom stereocenters. The largest absolute Gasteiger partial charge is 0.293 e. The molecule has 0 unspecified atom stereocenters. The van der Waals surface area contributed by atoms with Gasteiger partial charge in [-0.15, -0.1) is 0 Å². The highest BCUT2D eigenvalue weighted by molar-refractivity contribution is 9.10. The van der Waals surface area contributed by atoms with E-state index in [1.807, 2.05) is 6.08 Å². The number of allylic oxidation sites excluding steroid dienone is 1. The van der Waals surface area contributed by atoms with Gasteiger partial charge in [-0.1, -0.05) is 12.1 Å². The zero-order valence-corrected chi connectivity index (χ0v) is 9.39. The minimum absolute atomic E-state index is 0.147. The lowest BCUT2D eigenvalue weighted by molar-refractivity contribution is 0.502. The second kappa shape index (κ2) is 4.23. The van der Waals surface area contributed by atoms with E-state index >= 15 is 0 Å². The number of halogens is 3. The van der Waals surface area contributed by atoms with Gasteiger partial charge in [-0.3, -0.25) is 4.99 Å². The zero-order chi connectivity index (χ0) is 10.8. The zero-order valence-electron chi connectivity index (χ0n) is 7.80. The third kappa shape index (κ3) is 2.00. The number of hydrogen-bond donors (Lipinski definition) is 0. The molecule has 1 aliphatic heterocycles. The van der Waals surface area contributed by atoms with Crippen LogP contribution in [-0.4, -0.2) is 12.8 Å². The first kappa shape index (κ1) is 10.5. The molecule has 0 aromatic heterocycles. The van der Waals surface area contributed by atoms with Gasteiger partial charge in [0.2, 0.25) is 0 Å². The van der Waals surface area contributed by atoms with Crippen molar-refractivity contribution in [2.45, 2.75) is 6.42 Å². The quantitative estimate of drug-likeness (QED) is 0.693. The molecule has 2 rings (SSSR count). The standard InChI is InChI=1S/C11H8BrF2N/c12-9-2-1-8(10(13)11(9)14)7-3-5-15-6-4-7/h1-3,6H,4-5H2. The lowest BCUT2D eigenvalue weighted by atomic mass is 10.0. The van der Waals surface area contributed by atoms with Crippen LogP contribution in [0.2, 0.25) is 0 Å². The summed E-state index contributed by atoms with van der Waals surface area (Å²) in [6, 6.07) is 3.09. The highest BCUT2D eigenvalue weighted by atomic mass is 79.9. The van der Waals surface area contributed by atoms with E-state index in [1.165, 1.54) is 6.07 Å². The van der Waals surface area contributed by atoms with E-state index in [2.05, 4.69) is 20.9 Å². The Morgan fingerprint density at radius 1 is 1.20 bits per heavy atom.